The number of nitrogens with one attached hydrogen (secondary N) is 1. The smallest absolute Gasteiger partial charge is 0.226 e. The van der Waals surface area contributed by atoms with Crippen molar-refractivity contribution in [2.45, 2.75) is 38.8 Å². The number of aromatic amines is 1. The molecular weight excluding hydrogens is 246 g/mol. The van der Waals surface area contributed by atoms with Gasteiger partial charge in [-0.2, -0.15) is 0 Å². The summed E-state index contributed by atoms with van der Waals surface area (Å²) in [5.74, 6) is 1.02. The standard InChI is InChI=1S/C12H23N5S/c1-4-7-17-11(13-14-12(17)18)16-8-5-6-10(16)9-15(2)3/h10H,4-9H2,1-3H3,(H,14,18). The van der Waals surface area contributed by atoms with E-state index in [-0.39, 0.29) is 0 Å². The summed E-state index contributed by atoms with van der Waals surface area (Å²) in [6.45, 7) is 5.27. The maximum atomic E-state index is 5.31. The van der Waals surface area contributed by atoms with Crippen LogP contribution in [0.1, 0.15) is 26.2 Å². The van der Waals surface area contributed by atoms with E-state index in [0.717, 1.165) is 36.8 Å². The molecule has 1 fully saturated rings. The summed E-state index contributed by atoms with van der Waals surface area (Å²) in [6.07, 6.45) is 3.56. The second-order valence-corrected chi connectivity index (χ2v) is 5.62. The molecule has 0 bridgehead atoms. The molecule has 1 atom stereocenters. The molecular formula is C12H23N5S. The predicted octanol–water partition coefficient (Wildman–Crippen LogP) is 1.88. The first kappa shape index (κ1) is 13.5. The molecule has 0 radical (unpaired) electrons. The van der Waals surface area contributed by atoms with E-state index in [0.29, 0.717) is 6.04 Å². The van der Waals surface area contributed by atoms with Gasteiger partial charge < -0.3 is 9.80 Å². The van der Waals surface area contributed by atoms with Crippen LogP contribution in [0.5, 0.6) is 0 Å². The molecule has 102 valence electrons. The molecule has 1 saturated heterocycles. The van der Waals surface area contributed by atoms with E-state index in [9.17, 15) is 0 Å². The third-order valence-electron chi connectivity index (χ3n) is 3.40. The van der Waals surface area contributed by atoms with Crippen LogP contribution in [-0.2, 0) is 6.54 Å². The van der Waals surface area contributed by atoms with Gasteiger partial charge in [0.25, 0.3) is 0 Å². The molecule has 0 spiro atoms. The quantitative estimate of drug-likeness (QED) is 0.829. The third kappa shape index (κ3) is 2.75. The van der Waals surface area contributed by atoms with Gasteiger partial charge >= 0.3 is 0 Å². The highest BCUT2D eigenvalue weighted by atomic mass is 32.1. The van der Waals surface area contributed by atoms with Crippen molar-refractivity contribution < 1.29 is 0 Å². The van der Waals surface area contributed by atoms with Gasteiger partial charge in [-0.05, 0) is 45.6 Å². The molecule has 0 aliphatic carbocycles. The summed E-state index contributed by atoms with van der Waals surface area (Å²) in [4.78, 5) is 4.65. The van der Waals surface area contributed by atoms with E-state index in [2.05, 4.69) is 45.6 Å². The van der Waals surface area contributed by atoms with Crippen LogP contribution in [0.4, 0.5) is 5.95 Å². The lowest BCUT2D eigenvalue weighted by Gasteiger charge is -2.27. The minimum atomic E-state index is 0.556. The molecule has 0 aromatic carbocycles. The second kappa shape index (κ2) is 5.84. The first-order valence-electron chi connectivity index (χ1n) is 6.70. The summed E-state index contributed by atoms with van der Waals surface area (Å²) in [6, 6.07) is 0.556. The average Bonchev–Trinajstić information content (AvgIpc) is 2.87. The Labute approximate surface area is 114 Å². The van der Waals surface area contributed by atoms with Gasteiger partial charge in [-0.25, -0.2) is 5.10 Å². The van der Waals surface area contributed by atoms with Gasteiger partial charge in [0.05, 0.1) is 0 Å². The zero-order valence-corrected chi connectivity index (χ0v) is 12.3. The summed E-state index contributed by atoms with van der Waals surface area (Å²) >= 11 is 5.31. The van der Waals surface area contributed by atoms with Gasteiger partial charge in [-0.3, -0.25) is 4.57 Å². The Morgan fingerprint density at radius 2 is 2.28 bits per heavy atom. The maximum absolute atomic E-state index is 5.31. The minimum absolute atomic E-state index is 0.556. The van der Waals surface area contributed by atoms with Gasteiger partial charge in [-0.15, -0.1) is 5.10 Å². The zero-order valence-electron chi connectivity index (χ0n) is 11.5. The summed E-state index contributed by atoms with van der Waals surface area (Å²) in [5.41, 5.74) is 0. The first-order chi connectivity index (χ1) is 8.63. The number of hydrogen-bond acceptors (Lipinski definition) is 4. The molecule has 1 aromatic rings. The molecule has 0 saturated carbocycles. The highest BCUT2D eigenvalue weighted by Gasteiger charge is 2.28. The molecule has 5 nitrogen and oxygen atoms in total. The second-order valence-electron chi connectivity index (χ2n) is 5.23. The SMILES string of the molecule is CCCn1c(N2CCCC2CN(C)C)n[nH]c1=S. The van der Waals surface area contributed by atoms with Gasteiger partial charge in [0.15, 0.2) is 4.77 Å². The lowest BCUT2D eigenvalue weighted by atomic mass is 10.2. The fraction of sp³-hybridized carbons (Fsp3) is 0.833. The number of nitrogens with zero attached hydrogens (tertiary/aromatic N) is 4. The van der Waals surface area contributed by atoms with E-state index in [1.165, 1.54) is 12.8 Å². The summed E-state index contributed by atoms with van der Waals surface area (Å²) in [5, 5.41) is 7.36. The van der Waals surface area contributed by atoms with E-state index in [1.54, 1.807) is 0 Å². The number of H-pyrrole nitrogens is 1. The Bertz CT molecular complexity index is 436. The van der Waals surface area contributed by atoms with Crippen LogP contribution < -0.4 is 4.90 Å². The molecule has 2 rings (SSSR count). The molecule has 0 amide bonds. The predicted molar refractivity (Wildman–Crippen MR) is 76.6 cm³/mol. The number of likely N-dealkylation sites (N-methyl/N-ethyl adjacent to an activating group) is 1. The van der Waals surface area contributed by atoms with E-state index < -0.39 is 0 Å². The molecule has 1 aromatic heterocycles. The van der Waals surface area contributed by atoms with Crippen LogP contribution in [0.25, 0.3) is 0 Å². The average molecular weight is 269 g/mol. The zero-order chi connectivity index (χ0) is 13.1. The first-order valence-corrected chi connectivity index (χ1v) is 7.11. The Morgan fingerprint density at radius 3 is 2.94 bits per heavy atom. The Morgan fingerprint density at radius 1 is 1.50 bits per heavy atom. The van der Waals surface area contributed by atoms with E-state index in [1.807, 2.05) is 0 Å². The Kier molecular flexibility index (Phi) is 4.40. The molecule has 1 unspecified atom stereocenters. The van der Waals surface area contributed by atoms with Crippen molar-refractivity contribution in [3.8, 4) is 0 Å². The van der Waals surface area contributed by atoms with Crippen LogP contribution in [0.15, 0.2) is 0 Å². The largest absolute Gasteiger partial charge is 0.337 e. The van der Waals surface area contributed by atoms with Crippen molar-refractivity contribution in [3.63, 3.8) is 0 Å². The lowest BCUT2D eigenvalue weighted by molar-refractivity contribution is 0.369. The lowest BCUT2D eigenvalue weighted by Crippen LogP contribution is -2.39. The molecule has 1 N–H and O–H groups in total. The van der Waals surface area contributed by atoms with Gasteiger partial charge in [0, 0.05) is 25.7 Å². The third-order valence-corrected chi connectivity index (χ3v) is 3.71. The van der Waals surface area contributed by atoms with Crippen molar-refractivity contribution in [1.29, 1.82) is 0 Å². The molecule has 1 aliphatic heterocycles. The van der Waals surface area contributed by atoms with Gasteiger partial charge in [0.1, 0.15) is 0 Å². The Balaban J connectivity index is 2.22. The van der Waals surface area contributed by atoms with E-state index in [4.69, 9.17) is 12.2 Å². The van der Waals surface area contributed by atoms with Gasteiger partial charge in [0.2, 0.25) is 5.95 Å². The highest BCUT2D eigenvalue weighted by Crippen LogP contribution is 2.24. The normalized spacial score (nSPS) is 20.0. The minimum Gasteiger partial charge on any atom is -0.337 e. The van der Waals surface area contributed by atoms with Crippen LogP contribution in [0, 0.1) is 4.77 Å². The maximum Gasteiger partial charge on any atom is 0.226 e. The van der Waals surface area contributed by atoms with Crippen molar-refractivity contribution in [2.24, 2.45) is 0 Å². The van der Waals surface area contributed by atoms with Crippen molar-refractivity contribution >= 4 is 18.2 Å². The van der Waals surface area contributed by atoms with Crippen molar-refractivity contribution in [2.75, 3.05) is 32.1 Å². The molecule has 1 aliphatic rings. The van der Waals surface area contributed by atoms with Gasteiger partial charge in [-0.1, -0.05) is 6.92 Å². The number of anilines is 1. The molecule has 18 heavy (non-hydrogen) atoms. The van der Waals surface area contributed by atoms with E-state index >= 15 is 0 Å². The topological polar surface area (TPSA) is 40.1 Å². The van der Waals surface area contributed by atoms with Crippen LogP contribution in [0.3, 0.4) is 0 Å². The molecule has 6 heteroatoms. The summed E-state index contributed by atoms with van der Waals surface area (Å²) in [7, 11) is 4.25. The number of aromatic nitrogens is 3. The number of rotatable bonds is 5. The fourth-order valence-electron chi connectivity index (χ4n) is 2.66. The monoisotopic (exact) mass is 269 g/mol. The molecule has 2 heterocycles. The highest BCUT2D eigenvalue weighted by molar-refractivity contribution is 7.71. The Hall–Kier alpha value is -0.880. The number of hydrogen-bond donors (Lipinski definition) is 1. The van der Waals surface area contributed by atoms with Crippen LogP contribution >= 0.6 is 12.2 Å². The van der Waals surface area contributed by atoms with Crippen molar-refractivity contribution in [3.05, 3.63) is 4.77 Å². The van der Waals surface area contributed by atoms with Crippen LogP contribution in [0.2, 0.25) is 0 Å². The van der Waals surface area contributed by atoms with Crippen LogP contribution in [-0.4, -0.2) is 52.9 Å². The van der Waals surface area contributed by atoms with Crippen molar-refractivity contribution in [1.82, 2.24) is 19.7 Å². The fourth-order valence-corrected chi connectivity index (χ4v) is 2.88. The summed E-state index contributed by atoms with van der Waals surface area (Å²) < 4.78 is 2.87.